The molecule has 0 aromatic heterocycles. The third-order valence-corrected chi connectivity index (χ3v) is 4.96. The molecule has 126 valence electrons. The molecule has 0 unspecified atom stereocenters. The number of carbonyl (C=O) groups excluding carboxylic acids is 1. The first-order valence-electron chi connectivity index (χ1n) is 7.51. The molecule has 1 amide bonds. The largest absolute Gasteiger partial charge is 0.322 e. The lowest BCUT2D eigenvalue weighted by atomic mass is 10.2. The Morgan fingerprint density at radius 3 is 2.29 bits per heavy atom. The van der Waals surface area contributed by atoms with Crippen molar-refractivity contribution in [1.82, 2.24) is 0 Å². The number of nitrogens with zero attached hydrogens (tertiary/aromatic N) is 1. The summed E-state index contributed by atoms with van der Waals surface area (Å²) in [4.78, 5) is 12.1. The van der Waals surface area contributed by atoms with E-state index in [1.807, 2.05) is 0 Å². The van der Waals surface area contributed by atoms with Crippen LogP contribution in [0.5, 0.6) is 0 Å². The molecular formula is C17H17FN2O3S. The van der Waals surface area contributed by atoms with Gasteiger partial charge in [0.2, 0.25) is 10.0 Å². The van der Waals surface area contributed by atoms with Crippen molar-refractivity contribution in [3.8, 4) is 0 Å². The fourth-order valence-corrected chi connectivity index (χ4v) is 3.77. The first kappa shape index (κ1) is 16.4. The van der Waals surface area contributed by atoms with Crippen molar-refractivity contribution in [2.45, 2.75) is 18.9 Å². The molecule has 1 aliphatic carbocycles. The Morgan fingerprint density at radius 2 is 1.75 bits per heavy atom. The molecule has 5 nitrogen and oxygen atoms in total. The molecular weight excluding hydrogens is 331 g/mol. The summed E-state index contributed by atoms with van der Waals surface area (Å²) in [6, 6.07) is 12.2. The van der Waals surface area contributed by atoms with Gasteiger partial charge in [-0.3, -0.25) is 9.10 Å². The number of hydrogen-bond donors (Lipinski definition) is 1. The molecule has 0 bridgehead atoms. The van der Waals surface area contributed by atoms with Crippen molar-refractivity contribution in [1.29, 1.82) is 0 Å². The average molecular weight is 348 g/mol. The molecule has 24 heavy (non-hydrogen) atoms. The number of hydrogen-bond acceptors (Lipinski definition) is 3. The van der Waals surface area contributed by atoms with Crippen molar-refractivity contribution < 1.29 is 17.6 Å². The molecule has 0 spiro atoms. The van der Waals surface area contributed by atoms with Crippen molar-refractivity contribution in [2.24, 2.45) is 0 Å². The number of amides is 1. The smallest absolute Gasteiger partial charge is 0.258 e. The normalized spacial score (nSPS) is 14.2. The van der Waals surface area contributed by atoms with E-state index < -0.39 is 21.7 Å². The van der Waals surface area contributed by atoms with Gasteiger partial charge < -0.3 is 5.32 Å². The van der Waals surface area contributed by atoms with Gasteiger partial charge in [-0.2, -0.15) is 0 Å². The summed E-state index contributed by atoms with van der Waals surface area (Å²) in [6.07, 6.45) is 2.87. The van der Waals surface area contributed by atoms with E-state index in [1.54, 1.807) is 30.3 Å². The Bertz CT molecular complexity index is 862. The molecule has 1 aliphatic rings. The molecule has 2 aromatic rings. The van der Waals surface area contributed by atoms with Crippen LogP contribution < -0.4 is 9.62 Å². The van der Waals surface area contributed by atoms with Crippen LogP contribution in [0.1, 0.15) is 23.2 Å². The first-order chi connectivity index (χ1) is 11.4. The highest BCUT2D eigenvalue weighted by Gasteiger charge is 2.35. The van der Waals surface area contributed by atoms with Gasteiger partial charge in [0.15, 0.2) is 0 Å². The summed E-state index contributed by atoms with van der Waals surface area (Å²) in [6.45, 7) is 0. The van der Waals surface area contributed by atoms with Crippen LogP contribution in [-0.4, -0.2) is 26.6 Å². The number of sulfonamides is 1. The van der Waals surface area contributed by atoms with Gasteiger partial charge in [0.1, 0.15) is 5.82 Å². The first-order valence-corrected chi connectivity index (χ1v) is 9.36. The van der Waals surface area contributed by atoms with E-state index in [4.69, 9.17) is 0 Å². The van der Waals surface area contributed by atoms with Crippen LogP contribution in [0, 0.1) is 5.82 Å². The summed E-state index contributed by atoms with van der Waals surface area (Å²) in [5.74, 6) is -1.15. The van der Waals surface area contributed by atoms with Gasteiger partial charge in [0.05, 0.1) is 17.5 Å². The Labute approximate surface area is 140 Å². The van der Waals surface area contributed by atoms with Crippen LogP contribution in [0.3, 0.4) is 0 Å². The molecule has 7 heteroatoms. The lowest BCUT2D eigenvalue weighted by Crippen LogP contribution is -2.31. The highest BCUT2D eigenvalue weighted by molar-refractivity contribution is 7.92. The second kappa shape index (κ2) is 6.24. The van der Waals surface area contributed by atoms with E-state index >= 15 is 0 Å². The van der Waals surface area contributed by atoms with E-state index in [9.17, 15) is 17.6 Å². The van der Waals surface area contributed by atoms with Gasteiger partial charge in [-0.25, -0.2) is 12.8 Å². The molecule has 1 fully saturated rings. The van der Waals surface area contributed by atoms with E-state index in [0.717, 1.165) is 12.8 Å². The fourth-order valence-electron chi connectivity index (χ4n) is 2.52. The average Bonchev–Trinajstić information content (AvgIpc) is 3.33. The second-order valence-corrected chi connectivity index (χ2v) is 7.63. The maximum atomic E-state index is 13.6. The zero-order chi connectivity index (χ0) is 17.3. The van der Waals surface area contributed by atoms with Crippen molar-refractivity contribution in [3.05, 3.63) is 59.9 Å². The number of carbonyl (C=O) groups is 1. The Hall–Kier alpha value is -2.41. The third kappa shape index (κ3) is 3.56. The minimum atomic E-state index is -3.34. The van der Waals surface area contributed by atoms with Crippen LogP contribution in [-0.2, 0) is 10.0 Å². The third-order valence-electron chi connectivity index (χ3n) is 3.73. The number of anilines is 2. The van der Waals surface area contributed by atoms with Gasteiger partial charge in [0.25, 0.3) is 5.91 Å². The topological polar surface area (TPSA) is 66.5 Å². The minimum Gasteiger partial charge on any atom is -0.322 e. The van der Waals surface area contributed by atoms with Gasteiger partial charge >= 0.3 is 0 Å². The van der Waals surface area contributed by atoms with Crippen LogP contribution >= 0.6 is 0 Å². The Morgan fingerprint density at radius 1 is 1.12 bits per heavy atom. The monoisotopic (exact) mass is 348 g/mol. The van der Waals surface area contributed by atoms with Gasteiger partial charge in [-0.15, -0.1) is 0 Å². The predicted octanol–water partition coefficient (Wildman–Crippen LogP) is 3.01. The highest BCUT2D eigenvalue weighted by atomic mass is 32.2. The molecule has 3 rings (SSSR count). The lowest BCUT2D eigenvalue weighted by molar-refractivity contribution is 0.102. The molecule has 2 aromatic carbocycles. The predicted molar refractivity (Wildman–Crippen MR) is 91.1 cm³/mol. The molecule has 0 aliphatic heterocycles. The fraction of sp³-hybridized carbons (Fsp3) is 0.235. The molecule has 0 heterocycles. The van der Waals surface area contributed by atoms with Gasteiger partial charge in [-0.05, 0) is 49.2 Å². The number of benzene rings is 2. The SMILES string of the molecule is CS(=O)(=O)N(c1ccc(NC(=O)c2ccccc2F)cc1)C1CC1. The van der Waals surface area contributed by atoms with E-state index in [-0.39, 0.29) is 11.6 Å². The van der Waals surface area contributed by atoms with E-state index in [2.05, 4.69) is 5.32 Å². The highest BCUT2D eigenvalue weighted by Crippen LogP contribution is 2.34. The van der Waals surface area contributed by atoms with Crippen molar-refractivity contribution >= 4 is 27.3 Å². The zero-order valence-corrected chi connectivity index (χ0v) is 13.9. The number of halogens is 1. The Balaban J connectivity index is 1.77. The van der Waals surface area contributed by atoms with Crippen LogP contribution in [0.25, 0.3) is 0 Å². The molecule has 1 N–H and O–H groups in total. The minimum absolute atomic E-state index is 0.0128. The van der Waals surface area contributed by atoms with Gasteiger partial charge in [-0.1, -0.05) is 12.1 Å². The van der Waals surface area contributed by atoms with Crippen molar-refractivity contribution in [3.63, 3.8) is 0 Å². The quantitative estimate of drug-likeness (QED) is 0.903. The summed E-state index contributed by atoms with van der Waals surface area (Å²) in [7, 11) is -3.34. The van der Waals surface area contributed by atoms with Crippen molar-refractivity contribution in [2.75, 3.05) is 15.9 Å². The zero-order valence-electron chi connectivity index (χ0n) is 13.1. The Kier molecular flexibility index (Phi) is 4.28. The maximum Gasteiger partial charge on any atom is 0.258 e. The number of nitrogens with one attached hydrogen (secondary N) is 1. The second-order valence-electron chi connectivity index (χ2n) is 5.77. The molecule has 0 saturated heterocycles. The standard InChI is InChI=1S/C17H17FN2O3S/c1-24(22,23)20(14-10-11-14)13-8-6-12(7-9-13)19-17(21)15-4-2-3-5-16(15)18/h2-9,14H,10-11H2,1H3,(H,19,21). The lowest BCUT2D eigenvalue weighted by Gasteiger charge is -2.22. The molecule has 1 saturated carbocycles. The van der Waals surface area contributed by atoms with Crippen LogP contribution in [0.15, 0.2) is 48.5 Å². The van der Waals surface area contributed by atoms with Crippen LogP contribution in [0.2, 0.25) is 0 Å². The maximum absolute atomic E-state index is 13.6. The summed E-state index contributed by atoms with van der Waals surface area (Å²) >= 11 is 0. The van der Waals surface area contributed by atoms with E-state index in [1.165, 1.54) is 28.8 Å². The molecule has 0 radical (unpaired) electrons. The van der Waals surface area contributed by atoms with Gasteiger partial charge in [0, 0.05) is 11.7 Å². The summed E-state index contributed by atoms with van der Waals surface area (Å²) < 4.78 is 38.8. The summed E-state index contributed by atoms with van der Waals surface area (Å²) in [5, 5.41) is 2.60. The molecule has 0 atom stereocenters. The van der Waals surface area contributed by atoms with Crippen LogP contribution in [0.4, 0.5) is 15.8 Å². The van der Waals surface area contributed by atoms with E-state index in [0.29, 0.717) is 11.4 Å². The summed E-state index contributed by atoms with van der Waals surface area (Å²) in [5.41, 5.74) is 0.984. The number of rotatable bonds is 5.